The zero-order valence-electron chi connectivity index (χ0n) is 15.3. The van der Waals surface area contributed by atoms with Crippen molar-refractivity contribution in [2.24, 2.45) is 0 Å². The van der Waals surface area contributed by atoms with Gasteiger partial charge in [0.05, 0.1) is 12.2 Å². The summed E-state index contributed by atoms with van der Waals surface area (Å²) in [6.45, 7) is 3.92. The molecule has 142 valence electrons. The Morgan fingerprint density at radius 1 is 1.37 bits per heavy atom. The van der Waals surface area contributed by atoms with Crippen LogP contribution in [0.2, 0.25) is 5.15 Å². The Hall–Kier alpha value is -2.60. The first-order valence-corrected chi connectivity index (χ1v) is 9.27. The average Bonchev–Trinajstić information content (AvgIpc) is 3.41. The number of halogens is 1. The molecule has 0 radical (unpaired) electrons. The fourth-order valence-corrected chi connectivity index (χ4v) is 2.88. The van der Waals surface area contributed by atoms with Crippen LogP contribution in [-0.4, -0.2) is 33.8 Å². The topological polar surface area (TPSA) is 73.2 Å². The van der Waals surface area contributed by atoms with Gasteiger partial charge in [-0.1, -0.05) is 41.9 Å². The average molecular weight is 388 g/mol. The Bertz CT molecular complexity index is 857. The van der Waals surface area contributed by atoms with Gasteiger partial charge in [0.25, 0.3) is 5.91 Å². The maximum Gasteiger partial charge on any atom is 0.331 e. The van der Waals surface area contributed by atoms with E-state index in [4.69, 9.17) is 16.3 Å². The molecule has 1 atom stereocenters. The molecule has 0 spiro atoms. The largest absolute Gasteiger partial charge is 0.449 e. The molecule has 3 rings (SSSR count). The summed E-state index contributed by atoms with van der Waals surface area (Å²) in [4.78, 5) is 23.8. The van der Waals surface area contributed by atoms with Crippen LogP contribution in [0.5, 0.6) is 0 Å². The highest BCUT2D eigenvalue weighted by molar-refractivity contribution is 6.31. The fourth-order valence-electron chi connectivity index (χ4n) is 2.58. The smallest absolute Gasteiger partial charge is 0.331 e. The lowest BCUT2D eigenvalue weighted by molar-refractivity contribution is -0.150. The van der Waals surface area contributed by atoms with Crippen LogP contribution < -0.4 is 5.32 Å². The minimum atomic E-state index is -0.833. The van der Waals surface area contributed by atoms with E-state index >= 15 is 0 Å². The summed E-state index contributed by atoms with van der Waals surface area (Å²) in [5.74, 6) is -0.871. The van der Waals surface area contributed by atoms with Crippen LogP contribution in [-0.2, 0) is 20.9 Å². The molecule has 7 heteroatoms. The van der Waals surface area contributed by atoms with Crippen molar-refractivity contribution in [2.45, 2.75) is 45.4 Å². The summed E-state index contributed by atoms with van der Waals surface area (Å²) in [5.41, 5.74) is 2.44. The molecule has 0 unspecified atom stereocenters. The van der Waals surface area contributed by atoms with Crippen molar-refractivity contribution in [3.8, 4) is 0 Å². The van der Waals surface area contributed by atoms with Crippen molar-refractivity contribution in [1.82, 2.24) is 15.1 Å². The Balaban J connectivity index is 1.62. The maximum atomic E-state index is 12.0. The number of amides is 1. The van der Waals surface area contributed by atoms with Gasteiger partial charge in [0.1, 0.15) is 5.15 Å². The third kappa shape index (κ3) is 5.20. The van der Waals surface area contributed by atoms with Gasteiger partial charge in [-0.2, -0.15) is 5.10 Å². The third-order valence-electron chi connectivity index (χ3n) is 4.26. The number of ether oxygens (including phenoxy) is 1. The first-order chi connectivity index (χ1) is 12.9. The van der Waals surface area contributed by atoms with Crippen molar-refractivity contribution < 1.29 is 14.3 Å². The Kier molecular flexibility index (Phi) is 5.96. The Morgan fingerprint density at radius 3 is 2.74 bits per heavy atom. The molecule has 0 bridgehead atoms. The van der Waals surface area contributed by atoms with Crippen LogP contribution >= 0.6 is 11.6 Å². The predicted octanol–water partition coefficient (Wildman–Crippen LogP) is 3.12. The van der Waals surface area contributed by atoms with Crippen LogP contribution in [0.25, 0.3) is 6.08 Å². The van der Waals surface area contributed by atoms with Crippen molar-refractivity contribution in [2.75, 3.05) is 0 Å². The van der Waals surface area contributed by atoms with Gasteiger partial charge in [-0.25, -0.2) is 9.48 Å². The number of hydrogen-bond donors (Lipinski definition) is 1. The summed E-state index contributed by atoms with van der Waals surface area (Å²) in [6, 6.07) is 10.1. The molecule has 1 aromatic heterocycles. The molecule has 1 saturated carbocycles. The second-order valence-corrected chi connectivity index (χ2v) is 6.99. The van der Waals surface area contributed by atoms with Crippen LogP contribution in [0.15, 0.2) is 36.4 Å². The molecule has 6 nitrogen and oxygen atoms in total. The van der Waals surface area contributed by atoms with Crippen LogP contribution in [0.4, 0.5) is 0 Å². The molecule has 1 amide bonds. The molecule has 27 heavy (non-hydrogen) atoms. The highest BCUT2D eigenvalue weighted by atomic mass is 35.5. The third-order valence-corrected chi connectivity index (χ3v) is 4.66. The number of nitrogens with zero attached hydrogens (tertiary/aromatic N) is 2. The summed E-state index contributed by atoms with van der Waals surface area (Å²) >= 11 is 6.42. The fraction of sp³-hybridized carbons (Fsp3) is 0.350. The lowest BCUT2D eigenvalue weighted by Crippen LogP contribution is -2.36. The molecule has 1 heterocycles. The first-order valence-electron chi connectivity index (χ1n) is 8.90. The highest BCUT2D eigenvalue weighted by Gasteiger charge is 2.26. The molecule has 1 N–H and O–H groups in total. The number of hydrogen-bond acceptors (Lipinski definition) is 4. The number of nitrogens with one attached hydrogen (secondary N) is 1. The minimum Gasteiger partial charge on any atom is -0.449 e. The molecule has 0 saturated heterocycles. The van der Waals surface area contributed by atoms with E-state index in [1.54, 1.807) is 17.7 Å². The Labute approximate surface area is 163 Å². The van der Waals surface area contributed by atoms with Crippen LogP contribution in [0.3, 0.4) is 0 Å². The Morgan fingerprint density at radius 2 is 2.07 bits per heavy atom. The zero-order chi connectivity index (χ0) is 19.4. The quantitative estimate of drug-likeness (QED) is 0.585. The minimum absolute atomic E-state index is 0.228. The number of rotatable bonds is 7. The number of aryl methyl sites for hydroxylation is 1. The number of aromatic nitrogens is 2. The van der Waals surface area contributed by atoms with Gasteiger partial charge in [0.15, 0.2) is 6.10 Å². The highest BCUT2D eigenvalue weighted by Crippen LogP contribution is 2.22. The molecular formula is C20H22ClN3O3. The standard InChI is InChI=1S/C20H22ClN3O3/c1-13-17(19(21)24(23-13)12-15-6-4-3-5-7-15)10-11-18(25)27-14(2)20(26)22-16-8-9-16/h3-7,10-11,14,16H,8-9,12H2,1-2H3,(H,22,26)/b11-10+/t14-/m0/s1. The summed E-state index contributed by atoms with van der Waals surface area (Å²) < 4.78 is 6.82. The second kappa shape index (κ2) is 8.39. The van der Waals surface area contributed by atoms with Crippen molar-refractivity contribution in [3.05, 3.63) is 58.4 Å². The maximum absolute atomic E-state index is 12.0. The summed E-state index contributed by atoms with van der Waals surface area (Å²) in [5, 5.41) is 7.68. The van der Waals surface area contributed by atoms with Gasteiger partial charge in [-0.15, -0.1) is 0 Å². The van der Waals surface area contributed by atoms with Crippen LogP contribution in [0, 0.1) is 6.92 Å². The van der Waals surface area contributed by atoms with E-state index < -0.39 is 12.1 Å². The van der Waals surface area contributed by atoms with E-state index in [9.17, 15) is 9.59 Å². The molecule has 1 aliphatic carbocycles. The lowest BCUT2D eigenvalue weighted by atomic mass is 10.2. The van der Waals surface area contributed by atoms with Crippen LogP contribution in [0.1, 0.15) is 36.6 Å². The normalized spacial score (nSPS) is 14.9. The van der Waals surface area contributed by atoms with Gasteiger partial charge >= 0.3 is 5.97 Å². The number of carbonyl (C=O) groups is 2. The summed E-state index contributed by atoms with van der Waals surface area (Å²) in [6.07, 6.45) is 3.97. The predicted molar refractivity (Wildman–Crippen MR) is 103 cm³/mol. The monoisotopic (exact) mass is 387 g/mol. The summed E-state index contributed by atoms with van der Waals surface area (Å²) in [7, 11) is 0. The first kappa shape index (κ1) is 19.2. The molecule has 1 fully saturated rings. The molecule has 1 aromatic carbocycles. The van der Waals surface area contributed by atoms with E-state index in [0.717, 1.165) is 18.4 Å². The van der Waals surface area contributed by atoms with Gasteiger partial charge in [0, 0.05) is 17.7 Å². The number of benzene rings is 1. The van der Waals surface area contributed by atoms with Gasteiger partial charge in [0.2, 0.25) is 0 Å². The van der Waals surface area contributed by atoms with Crippen molar-refractivity contribution in [3.63, 3.8) is 0 Å². The van der Waals surface area contributed by atoms with Gasteiger partial charge in [-0.3, -0.25) is 4.79 Å². The van der Waals surface area contributed by atoms with E-state index in [0.29, 0.717) is 23.0 Å². The number of carbonyl (C=O) groups excluding carboxylic acids is 2. The number of esters is 1. The van der Waals surface area contributed by atoms with E-state index in [1.807, 2.05) is 37.3 Å². The lowest BCUT2D eigenvalue weighted by Gasteiger charge is -2.11. The van der Waals surface area contributed by atoms with Crippen molar-refractivity contribution >= 4 is 29.6 Å². The van der Waals surface area contributed by atoms with Crippen molar-refractivity contribution in [1.29, 1.82) is 0 Å². The van der Waals surface area contributed by atoms with E-state index in [-0.39, 0.29) is 11.9 Å². The van der Waals surface area contributed by atoms with Gasteiger partial charge < -0.3 is 10.1 Å². The molecular weight excluding hydrogens is 366 g/mol. The molecule has 0 aliphatic heterocycles. The zero-order valence-corrected chi connectivity index (χ0v) is 16.1. The SMILES string of the molecule is Cc1nn(Cc2ccccc2)c(Cl)c1/C=C/C(=O)O[C@@H](C)C(=O)NC1CC1. The molecule has 2 aromatic rings. The van der Waals surface area contributed by atoms with E-state index in [1.165, 1.54) is 6.08 Å². The van der Waals surface area contributed by atoms with E-state index in [2.05, 4.69) is 10.4 Å². The molecule has 1 aliphatic rings. The van der Waals surface area contributed by atoms with Gasteiger partial charge in [-0.05, 0) is 38.3 Å². The second-order valence-electron chi connectivity index (χ2n) is 6.63.